The van der Waals surface area contributed by atoms with Crippen LogP contribution in [0.4, 0.5) is 8.78 Å². The van der Waals surface area contributed by atoms with Crippen molar-refractivity contribution >= 4 is 6.29 Å². The third-order valence-electron chi connectivity index (χ3n) is 1.98. The van der Waals surface area contributed by atoms with E-state index in [-0.39, 0.29) is 12.1 Å². The fraction of sp³-hybridized carbons (Fsp3) is 0.333. The number of nitrogens with two attached hydrogens (primary N) is 1. The Morgan fingerprint density at radius 1 is 1.64 bits per heavy atom. The number of alkyl halides is 2. The van der Waals surface area contributed by atoms with Gasteiger partial charge in [0.15, 0.2) is 0 Å². The van der Waals surface area contributed by atoms with E-state index in [2.05, 4.69) is 4.98 Å². The van der Waals surface area contributed by atoms with Gasteiger partial charge < -0.3 is 5.73 Å². The molecule has 0 aromatic carbocycles. The number of pyridine rings is 1. The van der Waals surface area contributed by atoms with Gasteiger partial charge in [0.1, 0.15) is 12.0 Å². The molecular formula is C9H10F2N2O. The van der Waals surface area contributed by atoms with E-state index in [9.17, 15) is 13.6 Å². The van der Waals surface area contributed by atoms with Gasteiger partial charge >= 0.3 is 0 Å². The Kier molecular flexibility index (Phi) is 3.24. The Balaban J connectivity index is 3.31. The van der Waals surface area contributed by atoms with Crippen LogP contribution >= 0.6 is 0 Å². The predicted octanol–water partition coefficient (Wildman–Crippen LogP) is 1.60. The molecule has 1 rings (SSSR count). The Morgan fingerprint density at radius 2 is 2.29 bits per heavy atom. The van der Waals surface area contributed by atoms with Crippen LogP contribution in [0.1, 0.15) is 33.7 Å². The molecule has 0 radical (unpaired) electrons. The maximum absolute atomic E-state index is 12.3. The second kappa shape index (κ2) is 4.23. The van der Waals surface area contributed by atoms with E-state index in [0.29, 0.717) is 17.5 Å². The van der Waals surface area contributed by atoms with Crippen LogP contribution in [0.3, 0.4) is 0 Å². The van der Waals surface area contributed by atoms with Crippen LogP contribution in [0.5, 0.6) is 0 Å². The summed E-state index contributed by atoms with van der Waals surface area (Å²) < 4.78 is 24.6. The zero-order chi connectivity index (χ0) is 10.7. The van der Waals surface area contributed by atoms with E-state index in [1.54, 1.807) is 6.92 Å². The van der Waals surface area contributed by atoms with Crippen LogP contribution in [-0.4, -0.2) is 11.3 Å². The van der Waals surface area contributed by atoms with Crippen LogP contribution in [0.15, 0.2) is 6.07 Å². The SMILES string of the molecule is Cc1c(C=O)cc(C(F)F)nc1CN. The van der Waals surface area contributed by atoms with Gasteiger partial charge in [0.05, 0.1) is 5.69 Å². The molecule has 1 aromatic heterocycles. The standard InChI is InChI=1S/C9H10F2N2O/c1-5-6(4-14)2-7(9(10)11)13-8(5)3-12/h2,4,9H,3,12H2,1H3. The van der Waals surface area contributed by atoms with Crippen molar-refractivity contribution in [1.29, 1.82) is 0 Å². The van der Waals surface area contributed by atoms with Gasteiger partial charge in [-0.1, -0.05) is 0 Å². The van der Waals surface area contributed by atoms with Crippen molar-refractivity contribution in [3.8, 4) is 0 Å². The number of rotatable bonds is 3. The van der Waals surface area contributed by atoms with Crippen molar-refractivity contribution in [2.45, 2.75) is 19.9 Å². The van der Waals surface area contributed by atoms with E-state index >= 15 is 0 Å². The number of halogens is 2. The number of aromatic nitrogens is 1. The van der Waals surface area contributed by atoms with Crippen LogP contribution in [-0.2, 0) is 6.54 Å². The minimum absolute atomic E-state index is 0.0488. The van der Waals surface area contributed by atoms with Crippen LogP contribution in [0, 0.1) is 6.92 Å². The highest BCUT2D eigenvalue weighted by molar-refractivity contribution is 5.77. The molecule has 14 heavy (non-hydrogen) atoms. The normalized spacial score (nSPS) is 10.6. The summed E-state index contributed by atoms with van der Waals surface area (Å²) in [4.78, 5) is 14.2. The molecule has 0 amide bonds. The highest BCUT2D eigenvalue weighted by Crippen LogP contribution is 2.20. The van der Waals surface area contributed by atoms with E-state index in [4.69, 9.17) is 5.73 Å². The average molecular weight is 200 g/mol. The zero-order valence-corrected chi connectivity index (χ0v) is 7.63. The number of hydrogen-bond acceptors (Lipinski definition) is 3. The lowest BCUT2D eigenvalue weighted by molar-refractivity contribution is 0.112. The summed E-state index contributed by atoms with van der Waals surface area (Å²) in [7, 11) is 0. The molecule has 0 bridgehead atoms. The van der Waals surface area contributed by atoms with Gasteiger partial charge in [-0.2, -0.15) is 0 Å². The van der Waals surface area contributed by atoms with Crippen molar-refractivity contribution in [1.82, 2.24) is 4.98 Å². The molecule has 1 aromatic rings. The number of aldehydes is 1. The minimum atomic E-state index is -2.68. The van der Waals surface area contributed by atoms with Gasteiger partial charge in [0, 0.05) is 12.1 Å². The molecule has 0 unspecified atom stereocenters. The summed E-state index contributed by atoms with van der Waals surface area (Å²) in [5, 5.41) is 0. The molecule has 1 heterocycles. The second-order valence-corrected chi connectivity index (χ2v) is 2.83. The first kappa shape index (κ1) is 10.7. The number of nitrogens with zero attached hydrogens (tertiary/aromatic N) is 1. The van der Waals surface area contributed by atoms with Crippen molar-refractivity contribution in [3.63, 3.8) is 0 Å². The van der Waals surface area contributed by atoms with Gasteiger partial charge in [-0.3, -0.25) is 9.78 Å². The summed E-state index contributed by atoms with van der Waals surface area (Å²) in [6.45, 7) is 1.68. The zero-order valence-electron chi connectivity index (χ0n) is 7.63. The molecule has 0 aliphatic rings. The molecule has 0 spiro atoms. The Morgan fingerprint density at radius 3 is 2.71 bits per heavy atom. The summed E-state index contributed by atoms with van der Waals surface area (Å²) >= 11 is 0. The Hall–Kier alpha value is -1.36. The summed E-state index contributed by atoms with van der Waals surface area (Å²) in [5.41, 5.74) is 6.03. The molecule has 2 N–H and O–H groups in total. The third kappa shape index (κ3) is 1.93. The van der Waals surface area contributed by atoms with E-state index in [1.165, 1.54) is 0 Å². The third-order valence-corrected chi connectivity index (χ3v) is 1.98. The maximum Gasteiger partial charge on any atom is 0.280 e. The first-order chi connectivity index (χ1) is 6.60. The largest absolute Gasteiger partial charge is 0.325 e. The first-order valence-electron chi connectivity index (χ1n) is 4.04. The molecule has 5 heteroatoms. The minimum Gasteiger partial charge on any atom is -0.325 e. The van der Waals surface area contributed by atoms with Gasteiger partial charge in [0.2, 0.25) is 0 Å². The molecule has 0 fully saturated rings. The van der Waals surface area contributed by atoms with E-state index in [0.717, 1.165) is 6.07 Å². The lowest BCUT2D eigenvalue weighted by atomic mass is 10.1. The molecule has 0 aliphatic heterocycles. The van der Waals surface area contributed by atoms with E-state index in [1.807, 2.05) is 0 Å². The van der Waals surface area contributed by atoms with Gasteiger partial charge in [0.25, 0.3) is 6.43 Å². The van der Waals surface area contributed by atoms with E-state index < -0.39 is 12.1 Å². The van der Waals surface area contributed by atoms with Gasteiger partial charge in [-0.05, 0) is 18.6 Å². The lowest BCUT2D eigenvalue weighted by Gasteiger charge is -2.07. The highest BCUT2D eigenvalue weighted by atomic mass is 19.3. The van der Waals surface area contributed by atoms with Crippen LogP contribution < -0.4 is 5.73 Å². The first-order valence-corrected chi connectivity index (χ1v) is 4.04. The molecule has 76 valence electrons. The predicted molar refractivity (Wildman–Crippen MR) is 47.2 cm³/mol. The molecule has 0 aliphatic carbocycles. The van der Waals surface area contributed by atoms with Gasteiger partial charge in [-0.15, -0.1) is 0 Å². The summed E-state index contributed by atoms with van der Waals surface area (Å²) in [5.74, 6) is 0. The molecule has 0 atom stereocenters. The quantitative estimate of drug-likeness (QED) is 0.754. The fourth-order valence-electron chi connectivity index (χ4n) is 1.14. The fourth-order valence-corrected chi connectivity index (χ4v) is 1.14. The number of hydrogen-bond donors (Lipinski definition) is 1. The second-order valence-electron chi connectivity index (χ2n) is 2.83. The van der Waals surface area contributed by atoms with Crippen LogP contribution in [0.25, 0.3) is 0 Å². The average Bonchev–Trinajstić information content (AvgIpc) is 2.17. The molecule has 0 saturated carbocycles. The maximum atomic E-state index is 12.3. The number of carbonyl (C=O) groups is 1. The highest BCUT2D eigenvalue weighted by Gasteiger charge is 2.13. The lowest BCUT2D eigenvalue weighted by Crippen LogP contribution is -2.07. The van der Waals surface area contributed by atoms with Crippen molar-refractivity contribution in [2.24, 2.45) is 5.73 Å². The van der Waals surface area contributed by atoms with Crippen LogP contribution in [0.2, 0.25) is 0 Å². The number of carbonyl (C=O) groups excluding carboxylic acids is 1. The Labute approximate surface area is 79.9 Å². The van der Waals surface area contributed by atoms with Crippen molar-refractivity contribution in [3.05, 3.63) is 28.6 Å². The molecule has 0 saturated heterocycles. The monoisotopic (exact) mass is 200 g/mol. The van der Waals surface area contributed by atoms with Crippen molar-refractivity contribution in [2.75, 3.05) is 0 Å². The smallest absolute Gasteiger partial charge is 0.280 e. The summed E-state index contributed by atoms with van der Waals surface area (Å²) in [6, 6.07) is 1.09. The molecule has 3 nitrogen and oxygen atoms in total. The summed E-state index contributed by atoms with van der Waals surface area (Å²) in [6.07, 6.45) is -2.15. The topological polar surface area (TPSA) is 56.0 Å². The Bertz CT molecular complexity index is 353. The van der Waals surface area contributed by atoms with Gasteiger partial charge in [-0.25, -0.2) is 8.78 Å². The molecular weight excluding hydrogens is 190 g/mol. The van der Waals surface area contributed by atoms with Crippen molar-refractivity contribution < 1.29 is 13.6 Å².